The highest BCUT2D eigenvalue weighted by molar-refractivity contribution is 6.34. The van der Waals surface area contributed by atoms with Gasteiger partial charge in [-0.3, -0.25) is 14.9 Å². The lowest BCUT2D eigenvalue weighted by atomic mass is 9.85. The minimum absolute atomic E-state index is 0.0325. The van der Waals surface area contributed by atoms with Gasteiger partial charge in [-0.05, 0) is 26.4 Å². The number of nitro benzene ring substituents is 1. The Hall–Kier alpha value is -1.73. The van der Waals surface area contributed by atoms with Crippen molar-refractivity contribution in [3.63, 3.8) is 0 Å². The van der Waals surface area contributed by atoms with Crippen molar-refractivity contribution in [2.45, 2.75) is 18.8 Å². The molecule has 23 heavy (non-hydrogen) atoms. The normalized spacial score (nSPS) is 18.7. The summed E-state index contributed by atoms with van der Waals surface area (Å²) >= 11 is 6.08. The summed E-state index contributed by atoms with van der Waals surface area (Å²) < 4.78 is 14.2. The molecule has 0 bridgehead atoms. The van der Waals surface area contributed by atoms with Gasteiger partial charge in [0, 0.05) is 32.6 Å². The molecule has 126 valence electrons. The molecule has 1 aliphatic heterocycles. The van der Waals surface area contributed by atoms with E-state index in [2.05, 4.69) is 0 Å². The highest BCUT2D eigenvalue weighted by atomic mass is 35.5. The molecule has 0 radical (unpaired) electrons. The molecule has 1 unspecified atom stereocenters. The molecule has 1 fully saturated rings. The number of likely N-dealkylation sites (N-methyl/N-ethyl adjacent to an activating group) is 1. The maximum atomic E-state index is 14.2. The van der Waals surface area contributed by atoms with Crippen LogP contribution in [0.15, 0.2) is 6.07 Å². The van der Waals surface area contributed by atoms with Gasteiger partial charge in [0.1, 0.15) is 0 Å². The summed E-state index contributed by atoms with van der Waals surface area (Å²) in [6.45, 7) is 1.39. The summed E-state index contributed by atoms with van der Waals surface area (Å²) in [6.07, 6.45) is 1.47. The summed E-state index contributed by atoms with van der Waals surface area (Å²) in [5, 5.41) is 11.3. The maximum absolute atomic E-state index is 14.2. The minimum atomic E-state index is -1.00. The number of nitro groups is 1. The summed E-state index contributed by atoms with van der Waals surface area (Å²) in [4.78, 5) is 26.4. The Bertz CT molecular complexity index is 651. The molecule has 8 heteroatoms. The number of nitrogens with zero attached hydrogens (tertiary/aromatic N) is 3. The van der Waals surface area contributed by atoms with Crippen molar-refractivity contribution < 1.29 is 14.1 Å². The van der Waals surface area contributed by atoms with Crippen LogP contribution in [0.3, 0.4) is 0 Å². The number of amides is 1. The van der Waals surface area contributed by atoms with E-state index in [9.17, 15) is 19.3 Å². The second-order valence-corrected chi connectivity index (χ2v) is 6.44. The van der Waals surface area contributed by atoms with Gasteiger partial charge in [-0.2, -0.15) is 4.39 Å². The van der Waals surface area contributed by atoms with Crippen molar-refractivity contribution in [1.29, 1.82) is 0 Å². The average Bonchev–Trinajstić information content (AvgIpc) is 2.45. The molecule has 6 nitrogen and oxygen atoms in total. The Balaban J connectivity index is 2.72. The third kappa shape index (κ3) is 3.45. The Morgan fingerprint density at radius 1 is 1.52 bits per heavy atom. The number of hydrogen-bond donors (Lipinski definition) is 0. The van der Waals surface area contributed by atoms with Gasteiger partial charge >= 0.3 is 5.69 Å². The highest BCUT2D eigenvalue weighted by Gasteiger charge is 2.36. The average molecular weight is 344 g/mol. The van der Waals surface area contributed by atoms with Crippen LogP contribution in [0.5, 0.6) is 0 Å². The molecule has 2 rings (SSSR count). The number of hydrogen-bond acceptors (Lipinski definition) is 4. The van der Waals surface area contributed by atoms with Gasteiger partial charge in [-0.1, -0.05) is 11.6 Å². The van der Waals surface area contributed by atoms with Gasteiger partial charge in [0.15, 0.2) is 0 Å². The standard InChI is InChI=1S/C15H19ClFN3O3/c1-18(2)15(21)13-10(16)7-11(17)14(20(22)23)12(13)9-5-4-6-19(3)8-9/h7,9H,4-6,8H2,1-3H3. The van der Waals surface area contributed by atoms with E-state index in [4.69, 9.17) is 11.6 Å². The second-order valence-electron chi connectivity index (χ2n) is 6.04. The topological polar surface area (TPSA) is 66.7 Å². The zero-order valence-corrected chi connectivity index (χ0v) is 14.1. The summed E-state index contributed by atoms with van der Waals surface area (Å²) in [6, 6.07) is 0.854. The van der Waals surface area contributed by atoms with Crippen LogP contribution in [0, 0.1) is 15.9 Å². The minimum Gasteiger partial charge on any atom is -0.345 e. The quantitative estimate of drug-likeness (QED) is 0.625. The molecule has 1 aliphatic rings. The molecule has 0 N–H and O–H groups in total. The molecule has 1 heterocycles. The first-order chi connectivity index (χ1) is 10.7. The first kappa shape index (κ1) is 17.6. The number of rotatable bonds is 3. The van der Waals surface area contributed by atoms with Gasteiger partial charge < -0.3 is 9.80 Å². The van der Waals surface area contributed by atoms with Crippen molar-refractivity contribution in [2.75, 3.05) is 34.2 Å². The van der Waals surface area contributed by atoms with E-state index >= 15 is 0 Å². The molecule has 0 aliphatic carbocycles. The SMILES string of the molecule is CN1CCCC(c2c(C(=O)N(C)C)c(Cl)cc(F)c2[N+](=O)[O-])C1. The Labute approximate surface area is 139 Å². The van der Waals surface area contributed by atoms with Crippen LogP contribution in [-0.2, 0) is 0 Å². The zero-order chi connectivity index (χ0) is 17.3. The Morgan fingerprint density at radius 2 is 2.17 bits per heavy atom. The number of carbonyl (C=O) groups excluding carboxylic acids is 1. The fraction of sp³-hybridized carbons (Fsp3) is 0.533. The molecule has 1 aromatic rings. The fourth-order valence-electron chi connectivity index (χ4n) is 3.05. The predicted octanol–water partition coefficient (Wildman–Crippen LogP) is 2.90. The van der Waals surface area contributed by atoms with Crippen molar-refractivity contribution in [1.82, 2.24) is 9.80 Å². The molecule has 0 spiro atoms. The van der Waals surface area contributed by atoms with Crippen LogP contribution in [-0.4, -0.2) is 54.9 Å². The van der Waals surface area contributed by atoms with Crippen molar-refractivity contribution in [2.24, 2.45) is 0 Å². The fourth-order valence-corrected chi connectivity index (χ4v) is 3.33. The van der Waals surface area contributed by atoms with Gasteiger partial charge in [0.25, 0.3) is 5.91 Å². The molecule has 0 saturated carbocycles. The Morgan fingerprint density at radius 3 is 2.70 bits per heavy atom. The number of piperidine rings is 1. The smallest absolute Gasteiger partial charge is 0.309 e. The zero-order valence-electron chi connectivity index (χ0n) is 13.3. The number of benzene rings is 1. The van der Waals surface area contributed by atoms with Gasteiger partial charge in [0.2, 0.25) is 5.82 Å². The highest BCUT2D eigenvalue weighted by Crippen LogP contribution is 2.40. The van der Waals surface area contributed by atoms with E-state index in [1.807, 2.05) is 11.9 Å². The van der Waals surface area contributed by atoms with E-state index < -0.39 is 22.3 Å². The lowest BCUT2D eigenvalue weighted by Crippen LogP contribution is -2.33. The maximum Gasteiger partial charge on any atom is 0.309 e. The van der Waals surface area contributed by atoms with Crippen molar-refractivity contribution in [3.05, 3.63) is 38.1 Å². The van der Waals surface area contributed by atoms with Crippen LogP contribution in [0.4, 0.5) is 10.1 Å². The lowest BCUT2D eigenvalue weighted by molar-refractivity contribution is -0.388. The molecule has 1 atom stereocenters. The molecular formula is C15H19ClFN3O3. The second kappa shape index (κ2) is 6.80. The van der Waals surface area contributed by atoms with Crippen LogP contribution in [0.25, 0.3) is 0 Å². The molecule has 1 amide bonds. The number of likely N-dealkylation sites (tertiary alicyclic amines) is 1. The summed E-state index contributed by atoms with van der Waals surface area (Å²) in [5.74, 6) is -1.76. The Kier molecular flexibility index (Phi) is 5.21. The van der Waals surface area contributed by atoms with Crippen LogP contribution in [0.1, 0.15) is 34.7 Å². The van der Waals surface area contributed by atoms with Crippen molar-refractivity contribution >= 4 is 23.2 Å². The molecule has 0 aromatic heterocycles. The molecular weight excluding hydrogens is 325 g/mol. The van der Waals surface area contributed by atoms with E-state index in [1.165, 1.54) is 19.0 Å². The number of carbonyl (C=O) groups is 1. The monoisotopic (exact) mass is 343 g/mol. The van der Waals surface area contributed by atoms with E-state index in [0.29, 0.717) is 13.0 Å². The van der Waals surface area contributed by atoms with E-state index in [0.717, 1.165) is 19.0 Å². The number of halogens is 2. The van der Waals surface area contributed by atoms with Crippen molar-refractivity contribution in [3.8, 4) is 0 Å². The summed E-state index contributed by atoms with van der Waals surface area (Å²) in [5.41, 5.74) is -0.491. The van der Waals surface area contributed by atoms with Crippen LogP contribution in [0.2, 0.25) is 5.02 Å². The van der Waals surface area contributed by atoms with E-state index in [1.54, 1.807) is 0 Å². The predicted molar refractivity (Wildman–Crippen MR) is 85.6 cm³/mol. The third-order valence-electron chi connectivity index (χ3n) is 4.08. The lowest BCUT2D eigenvalue weighted by Gasteiger charge is -2.31. The molecule has 1 aromatic carbocycles. The van der Waals surface area contributed by atoms with Crippen LogP contribution >= 0.6 is 11.6 Å². The van der Waals surface area contributed by atoms with Gasteiger partial charge in [-0.15, -0.1) is 0 Å². The summed E-state index contributed by atoms with van der Waals surface area (Å²) in [7, 11) is 4.96. The van der Waals surface area contributed by atoms with E-state index in [-0.39, 0.29) is 22.1 Å². The first-order valence-electron chi connectivity index (χ1n) is 7.30. The third-order valence-corrected chi connectivity index (χ3v) is 4.38. The molecule has 1 saturated heterocycles. The van der Waals surface area contributed by atoms with Gasteiger partial charge in [0.05, 0.1) is 21.1 Å². The first-order valence-corrected chi connectivity index (χ1v) is 7.68. The van der Waals surface area contributed by atoms with Gasteiger partial charge in [-0.25, -0.2) is 0 Å². The van der Waals surface area contributed by atoms with Crippen LogP contribution < -0.4 is 0 Å². The largest absolute Gasteiger partial charge is 0.345 e.